The van der Waals surface area contributed by atoms with Crippen LogP contribution in [0.1, 0.15) is 39.5 Å². The number of piperazine rings is 1. The van der Waals surface area contributed by atoms with Gasteiger partial charge in [-0.2, -0.15) is 0 Å². The first kappa shape index (κ1) is 21.7. The van der Waals surface area contributed by atoms with Gasteiger partial charge in [0.25, 0.3) is 0 Å². The predicted octanol–water partition coefficient (Wildman–Crippen LogP) is 2.47. The summed E-state index contributed by atoms with van der Waals surface area (Å²) in [5, 5.41) is 5.96. The number of nitrogens with zero attached hydrogens (tertiary/aromatic N) is 2. The van der Waals surface area contributed by atoms with E-state index in [1.54, 1.807) is 12.1 Å². The van der Waals surface area contributed by atoms with Crippen LogP contribution in [0.25, 0.3) is 0 Å². The fourth-order valence-electron chi connectivity index (χ4n) is 4.17. The van der Waals surface area contributed by atoms with Gasteiger partial charge in [0.1, 0.15) is 5.82 Å². The molecule has 0 aromatic heterocycles. The summed E-state index contributed by atoms with van der Waals surface area (Å²) in [7, 11) is 0. The number of amides is 2. The van der Waals surface area contributed by atoms with E-state index in [1.807, 2.05) is 6.92 Å². The molecule has 1 aliphatic carbocycles. The molecule has 1 aromatic rings. The maximum Gasteiger partial charge on any atom is 0.241 e. The minimum atomic E-state index is -0.370. The van der Waals surface area contributed by atoms with Crippen LogP contribution in [0.2, 0.25) is 0 Å². The number of hydrogen-bond acceptors (Lipinski definition) is 4. The molecule has 0 radical (unpaired) electrons. The Morgan fingerprint density at radius 2 is 1.83 bits per heavy atom. The van der Waals surface area contributed by atoms with E-state index < -0.39 is 0 Å². The minimum Gasteiger partial charge on any atom is -0.352 e. The van der Waals surface area contributed by atoms with E-state index in [-0.39, 0.29) is 23.7 Å². The van der Waals surface area contributed by atoms with Crippen molar-refractivity contribution in [1.82, 2.24) is 15.1 Å². The normalized spacial score (nSPS) is 24.7. The van der Waals surface area contributed by atoms with Gasteiger partial charge in [-0.05, 0) is 56.7 Å². The van der Waals surface area contributed by atoms with Crippen LogP contribution in [0.4, 0.5) is 10.1 Å². The van der Waals surface area contributed by atoms with E-state index >= 15 is 0 Å². The van der Waals surface area contributed by atoms with Gasteiger partial charge in [-0.3, -0.25) is 19.4 Å². The zero-order valence-corrected chi connectivity index (χ0v) is 17.5. The van der Waals surface area contributed by atoms with Crippen LogP contribution in [0.3, 0.4) is 0 Å². The zero-order valence-electron chi connectivity index (χ0n) is 17.5. The SMILES string of the molecule is CC1CCC(NC(=O)CN2CCN(C(C)C(=O)Nc3cccc(F)c3)CC2)CC1. The van der Waals surface area contributed by atoms with Crippen LogP contribution in [-0.4, -0.2) is 66.4 Å². The largest absolute Gasteiger partial charge is 0.352 e. The van der Waals surface area contributed by atoms with Crippen molar-refractivity contribution in [3.8, 4) is 0 Å². The third kappa shape index (κ3) is 6.51. The van der Waals surface area contributed by atoms with Crippen LogP contribution in [0.15, 0.2) is 24.3 Å². The maximum absolute atomic E-state index is 13.3. The summed E-state index contributed by atoms with van der Waals surface area (Å²) in [6.07, 6.45) is 4.55. The Labute approximate surface area is 172 Å². The Bertz CT molecular complexity index is 698. The molecule has 160 valence electrons. The van der Waals surface area contributed by atoms with Gasteiger partial charge in [0, 0.05) is 37.9 Å². The van der Waals surface area contributed by atoms with E-state index in [0.29, 0.717) is 18.3 Å². The van der Waals surface area contributed by atoms with Gasteiger partial charge >= 0.3 is 0 Å². The fourth-order valence-corrected chi connectivity index (χ4v) is 4.17. The topological polar surface area (TPSA) is 64.7 Å². The van der Waals surface area contributed by atoms with Crippen LogP contribution in [0.5, 0.6) is 0 Å². The van der Waals surface area contributed by atoms with Crippen molar-refractivity contribution in [2.75, 3.05) is 38.0 Å². The molecule has 1 saturated carbocycles. The molecule has 1 saturated heterocycles. The zero-order chi connectivity index (χ0) is 20.8. The van der Waals surface area contributed by atoms with Crippen LogP contribution >= 0.6 is 0 Å². The average Bonchev–Trinajstić information content (AvgIpc) is 2.70. The number of halogens is 1. The first-order valence-corrected chi connectivity index (χ1v) is 10.7. The lowest BCUT2D eigenvalue weighted by Gasteiger charge is -2.37. The number of carbonyl (C=O) groups excluding carboxylic acids is 2. The van der Waals surface area contributed by atoms with Gasteiger partial charge in [-0.1, -0.05) is 13.0 Å². The number of rotatable bonds is 6. The lowest BCUT2D eigenvalue weighted by atomic mass is 9.87. The third-order valence-corrected chi connectivity index (χ3v) is 6.17. The second-order valence-electron chi connectivity index (χ2n) is 8.51. The van der Waals surface area contributed by atoms with E-state index in [0.717, 1.165) is 44.9 Å². The molecule has 1 aliphatic heterocycles. The molecule has 7 heteroatoms. The summed E-state index contributed by atoms with van der Waals surface area (Å²) in [5.41, 5.74) is 0.467. The monoisotopic (exact) mass is 404 g/mol. The lowest BCUT2D eigenvalue weighted by molar-refractivity contribution is -0.125. The predicted molar refractivity (Wildman–Crippen MR) is 112 cm³/mol. The maximum atomic E-state index is 13.3. The van der Waals surface area contributed by atoms with Crippen LogP contribution < -0.4 is 10.6 Å². The molecule has 2 fully saturated rings. The van der Waals surface area contributed by atoms with Gasteiger partial charge in [-0.15, -0.1) is 0 Å². The molecule has 0 spiro atoms. The highest BCUT2D eigenvalue weighted by molar-refractivity contribution is 5.94. The second-order valence-corrected chi connectivity index (χ2v) is 8.51. The minimum absolute atomic E-state index is 0.106. The van der Waals surface area contributed by atoms with Crippen molar-refractivity contribution in [3.63, 3.8) is 0 Å². The van der Waals surface area contributed by atoms with Crippen LogP contribution in [-0.2, 0) is 9.59 Å². The first-order valence-electron chi connectivity index (χ1n) is 10.7. The van der Waals surface area contributed by atoms with Crippen LogP contribution in [0, 0.1) is 11.7 Å². The van der Waals surface area contributed by atoms with Crippen molar-refractivity contribution in [2.45, 2.75) is 51.6 Å². The number of anilines is 1. The molecule has 6 nitrogen and oxygen atoms in total. The van der Waals surface area contributed by atoms with Gasteiger partial charge in [0.05, 0.1) is 12.6 Å². The molecule has 1 heterocycles. The van der Waals surface area contributed by atoms with E-state index in [2.05, 4.69) is 27.4 Å². The van der Waals surface area contributed by atoms with Crippen molar-refractivity contribution < 1.29 is 14.0 Å². The second kappa shape index (κ2) is 10.2. The van der Waals surface area contributed by atoms with E-state index in [4.69, 9.17) is 0 Å². The highest BCUT2D eigenvalue weighted by atomic mass is 19.1. The summed E-state index contributed by atoms with van der Waals surface area (Å²) in [6, 6.07) is 5.94. The van der Waals surface area contributed by atoms with E-state index in [9.17, 15) is 14.0 Å². The molecule has 1 unspecified atom stereocenters. The summed E-state index contributed by atoms with van der Waals surface area (Å²) < 4.78 is 13.3. The molecular formula is C22H33FN4O2. The van der Waals surface area contributed by atoms with Crippen molar-refractivity contribution >= 4 is 17.5 Å². The highest BCUT2D eigenvalue weighted by Gasteiger charge is 2.27. The summed E-state index contributed by atoms with van der Waals surface area (Å²) in [5.74, 6) is 0.365. The molecule has 29 heavy (non-hydrogen) atoms. The molecule has 2 amide bonds. The Hall–Kier alpha value is -1.99. The Balaban J connectivity index is 1.39. The van der Waals surface area contributed by atoms with Gasteiger partial charge < -0.3 is 10.6 Å². The Morgan fingerprint density at radius 3 is 2.48 bits per heavy atom. The molecule has 3 rings (SSSR count). The smallest absolute Gasteiger partial charge is 0.241 e. The first-order chi connectivity index (χ1) is 13.9. The Morgan fingerprint density at radius 1 is 1.14 bits per heavy atom. The summed E-state index contributed by atoms with van der Waals surface area (Å²) >= 11 is 0. The molecule has 2 aliphatic rings. The average molecular weight is 405 g/mol. The molecule has 1 aromatic carbocycles. The molecule has 2 N–H and O–H groups in total. The molecular weight excluding hydrogens is 371 g/mol. The van der Waals surface area contributed by atoms with Crippen molar-refractivity contribution in [1.29, 1.82) is 0 Å². The summed E-state index contributed by atoms with van der Waals surface area (Å²) in [6.45, 7) is 7.53. The Kier molecular flexibility index (Phi) is 7.61. The number of nitrogens with one attached hydrogen (secondary N) is 2. The lowest BCUT2D eigenvalue weighted by Crippen LogP contribution is -2.54. The number of carbonyl (C=O) groups is 2. The van der Waals surface area contributed by atoms with Crippen molar-refractivity contribution in [3.05, 3.63) is 30.1 Å². The number of benzene rings is 1. The standard InChI is InChI=1S/C22H33FN4O2/c1-16-6-8-19(9-7-16)24-21(28)15-26-10-12-27(13-11-26)17(2)22(29)25-20-5-3-4-18(23)14-20/h3-5,14,16-17,19H,6-13,15H2,1-2H3,(H,24,28)(H,25,29). The summed E-state index contributed by atoms with van der Waals surface area (Å²) in [4.78, 5) is 29.1. The third-order valence-electron chi connectivity index (χ3n) is 6.17. The van der Waals surface area contributed by atoms with Gasteiger partial charge in [0.15, 0.2) is 0 Å². The fraction of sp³-hybridized carbons (Fsp3) is 0.636. The number of hydrogen-bond donors (Lipinski definition) is 2. The van der Waals surface area contributed by atoms with Gasteiger partial charge in [0.2, 0.25) is 11.8 Å². The molecule has 1 atom stereocenters. The highest BCUT2D eigenvalue weighted by Crippen LogP contribution is 2.23. The molecule has 0 bridgehead atoms. The van der Waals surface area contributed by atoms with Gasteiger partial charge in [-0.25, -0.2) is 4.39 Å². The van der Waals surface area contributed by atoms with Crippen molar-refractivity contribution in [2.24, 2.45) is 5.92 Å². The quantitative estimate of drug-likeness (QED) is 0.765. The van der Waals surface area contributed by atoms with E-state index in [1.165, 1.54) is 25.0 Å².